The Balaban J connectivity index is 0. The quantitative estimate of drug-likeness (QED) is 0.479. The molecule has 0 aromatic carbocycles. The van der Waals surface area contributed by atoms with Crippen LogP contribution in [0, 0.1) is 0 Å². The summed E-state index contributed by atoms with van der Waals surface area (Å²) in [5, 5.41) is 0. The van der Waals surface area contributed by atoms with Crippen LogP contribution in [0.25, 0.3) is 0 Å². The molecule has 58 valence electrons. The molecule has 0 aliphatic rings. The summed E-state index contributed by atoms with van der Waals surface area (Å²) in [6.45, 7) is 0. The fourth-order valence-corrected chi connectivity index (χ4v) is 0. The van der Waals surface area contributed by atoms with E-state index in [1.807, 2.05) is 0 Å². The Hall–Kier alpha value is 2.47. The molecular weight excluding hydrogens is 318 g/mol. The van der Waals surface area contributed by atoms with Crippen LogP contribution in [0.5, 0.6) is 0 Å². The Morgan fingerprint density at radius 2 is 0.571 bits per heavy atom. The maximum absolute atomic E-state index is 0. The maximum Gasteiger partial charge on any atom is 0 e. The molecule has 0 rings (SSSR count). The van der Waals surface area contributed by atoms with Crippen LogP contribution in [0.1, 0.15) is 0 Å². The van der Waals surface area contributed by atoms with Gasteiger partial charge in [0.1, 0.15) is 0 Å². The second-order valence-corrected chi connectivity index (χ2v) is 0. The maximum atomic E-state index is 0. The first kappa shape index (κ1) is 112. The fraction of sp³-hybridized carbons (Fsp3) is 0. The van der Waals surface area contributed by atoms with Crippen molar-refractivity contribution in [1.82, 2.24) is 0 Å². The van der Waals surface area contributed by atoms with Gasteiger partial charge in [0.15, 0.2) is 0 Å². The van der Waals surface area contributed by atoms with Crippen LogP contribution >= 0.6 is 0 Å². The standard InChI is InChI=1S/2Co.2Mn.Ni.2H2O/h;;;;;2*1H2. The minimum Gasteiger partial charge on any atom is -0.412 e. The molecule has 2 nitrogen and oxygen atoms in total. The summed E-state index contributed by atoms with van der Waals surface area (Å²) in [6.07, 6.45) is 0. The molecule has 0 bridgehead atoms. The average Bonchev–Trinajstić information content (AvgIpc) is 0. The summed E-state index contributed by atoms with van der Waals surface area (Å²) < 4.78 is 0. The van der Waals surface area contributed by atoms with Crippen LogP contribution in [-0.2, 0) is 84.2 Å². The summed E-state index contributed by atoms with van der Waals surface area (Å²) in [6, 6.07) is 0. The average molecular weight is 322 g/mol. The van der Waals surface area contributed by atoms with Gasteiger partial charge in [-0.15, -0.1) is 0 Å². The number of hydrogen-bond acceptors (Lipinski definition) is 0. The van der Waals surface area contributed by atoms with Gasteiger partial charge in [-0.25, -0.2) is 0 Å². The van der Waals surface area contributed by atoms with Gasteiger partial charge in [0.2, 0.25) is 0 Å². The van der Waals surface area contributed by atoms with E-state index in [0.717, 1.165) is 0 Å². The summed E-state index contributed by atoms with van der Waals surface area (Å²) in [7, 11) is 0. The van der Waals surface area contributed by atoms with Crippen molar-refractivity contribution in [2.45, 2.75) is 0 Å². The Bertz CT molecular complexity index is 13.7. The first-order chi connectivity index (χ1) is 0. The monoisotopic (exact) mass is 322 g/mol. The van der Waals surface area contributed by atoms with E-state index in [1.165, 1.54) is 0 Å². The van der Waals surface area contributed by atoms with Gasteiger partial charge in [-0.1, -0.05) is 0 Å². The van der Waals surface area contributed by atoms with Crippen molar-refractivity contribution in [2.24, 2.45) is 0 Å². The van der Waals surface area contributed by atoms with Crippen LogP contribution in [0.3, 0.4) is 0 Å². The van der Waals surface area contributed by atoms with Crippen molar-refractivity contribution >= 4 is 0 Å². The molecule has 0 heterocycles. The summed E-state index contributed by atoms with van der Waals surface area (Å²) in [5.41, 5.74) is 0. The van der Waals surface area contributed by atoms with E-state index in [1.54, 1.807) is 0 Å². The van der Waals surface area contributed by atoms with Gasteiger partial charge in [0, 0.05) is 84.2 Å². The van der Waals surface area contributed by atoms with Crippen LogP contribution in [-0.4, -0.2) is 11.0 Å². The van der Waals surface area contributed by atoms with Gasteiger partial charge in [-0.2, -0.15) is 0 Å². The summed E-state index contributed by atoms with van der Waals surface area (Å²) >= 11 is 0. The van der Waals surface area contributed by atoms with Crippen molar-refractivity contribution in [1.29, 1.82) is 0 Å². The van der Waals surface area contributed by atoms with E-state index < -0.39 is 0 Å². The normalized spacial score (nSPS) is 0. The molecule has 7 heteroatoms. The molecule has 0 aliphatic heterocycles. The van der Waals surface area contributed by atoms with Gasteiger partial charge in [0.25, 0.3) is 0 Å². The third-order valence-electron chi connectivity index (χ3n) is 0. The Labute approximate surface area is 94.2 Å². The topological polar surface area (TPSA) is 63.0 Å². The molecule has 4 radical (unpaired) electrons. The summed E-state index contributed by atoms with van der Waals surface area (Å²) in [5.74, 6) is 0. The Kier molecular flexibility index (Phi) is 1240. The third-order valence-corrected chi connectivity index (χ3v) is 0. The van der Waals surface area contributed by atoms with Gasteiger partial charge in [-0.05, 0) is 0 Å². The van der Waals surface area contributed by atoms with Gasteiger partial charge >= 0.3 is 0 Å². The molecule has 0 aromatic heterocycles. The minimum atomic E-state index is 0. The van der Waals surface area contributed by atoms with Crippen molar-refractivity contribution in [3.05, 3.63) is 0 Å². The van der Waals surface area contributed by atoms with Crippen LogP contribution in [0.15, 0.2) is 0 Å². The molecule has 0 saturated carbocycles. The first-order valence-corrected chi connectivity index (χ1v) is 0. The van der Waals surface area contributed by atoms with E-state index in [4.69, 9.17) is 0 Å². The zero-order valence-corrected chi connectivity index (χ0v) is 8.17. The molecule has 0 atom stereocenters. The Morgan fingerprint density at radius 3 is 0.571 bits per heavy atom. The van der Waals surface area contributed by atoms with Crippen molar-refractivity contribution in [3.63, 3.8) is 0 Å². The van der Waals surface area contributed by atoms with Crippen molar-refractivity contribution in [3.8, 4) is 0 Å². The molecule has 0 saturated heterocycles. The molecule has 0 unspecified atom stereocenters. The van der Waals surface area contributed by atoms with Gasteiger partial charge in [0.05, 0.1) is 0 Å². The molecular formula is H4Co2Mn2NiO2. The van der Waals surface area contributed by atoms with Crippen LogP contribution in [0.4, 0.5) is 0 Å². The Morgan fingerprint density at radius 1 is 0.571 bits per heavy atom. The van der Waals surface area contributed by atoms with E-state index in [9.17, 15) is 0 Å². The van der Waals surface area contributed by atoms with Crippen molar-refractivity contribution < 1.29 is 95.1 Å². The smallest absolute Gasteiger partial charge is 0 e. The molecule has 0 aliphatic carbocycles. The zero-order valence-electron chi connectivity index (χ0n) is 2.74. The number of hydrogen-bond donors (Lipinski definition) is 0. The summed E-state index contributed by atoms with van der Waals surface area (Å²) in [4.78, 5) is 0. The van der Waals surface area contributed by atoms with E-state index >= 15 is 0 Å². The van der Waals surface area contributed by atoms with Crippen LogP contribution in [0.2, 0.25) is 0 Å². The molecule has 0 fully saturated rings. The van der Waals surface area contributed by atoms with Crippen molar-refractivity contribution in [2.75, 3.05) is 0 Å². The largest absolute Gasteiger partial charge is 0.412 e. The third kappa shape index (κ3) is 58.2. The SMILES string of the molecule is O.O.[Co].[Co].[Mn].[Mn].[Ni]. The van der Waals surface area contributed by atoms with E-state index in [0.29, 0.717) is 0 Å². The minimum absolute atomic E-state index is 0. The first-order valence-electron chi connectivity index (χ1n) is 0. The second-order valence-electron chi connectivity index (χ2n) is 0. The molecule has 0 spiro atoms. The predicted molar refractivity (Wildman–Crippen MR) is 7.23 cm³/mol. The zero-order chi connectivity index (χ0) is 0. The molecule has 0 aromatic rings. The predicted octanol–water partition coefficient (Wildman–Crippen LogP) is -1.66. The van der Waals surface area contributed by atoms with Crippen LogP contribution < -0.4 is 0 Å². The number of rotatable bonds is 0. The molecule has 7 heavy (non-hydrogen) atoms. The van der Waals surface area contributed by atoms with E-state index in [-0.39, 0.29) is 95.1 Å². The van der Waals surface area contributed by atoms with Gasteiger partial charge in [-0.3, -0.25) is 0 Å². The van der Waals surface area contributed by atoms with Gasteiger partial charge < -0.3 is 11.0 Å². The molecule has 4 N–H and O–H groups in total. The van der Waals surface area contributed by atoms with E-state index in [2.05, 4.69) is 0 Å². The second kappa shape index (κ2) is 77.6. The molecule has 0 amide bonds. The fourth-order valence-electron chi connectivity index (χ4n) is 0.